The highest BCUT2D eigenvalue weighted by atomic mass is 19.1. The quantitative estimate of drug-likeness (QED) is 0.645. The third kappa shape index (κ3) is 2.55. The Kier molecular flexibility index (Phi) is 3.63. The number of hydroxylamine groups is 1. The molecule has 1 aromatic carbocycles. The number of halogens is 1. The topological polar surface area (TPSA) is 61.8 Å². The molecule has 0 aromatic heterocycles. The van der Waals surface area contributed by atoms with Gasteiger partial charge in [-0.15, -0.1) is 0 Å². The van der Waals surface area contributed by atoms with Crippen molar-refractivity contribution in [2.45, 2.75) is 38.3 Å². The number of hydrogen-bond acceptors (Lipinski definition) is 4. The standard InChI is InChI=1S/C17H21FN2O3/c18-15-6-12(16(21)19-22)5-11-2-4-20(8-14(11)15)13-1-3-17(7-13)9-23-10-17/h5-6,13,22H,1-4,7-10H2,(H,19,21)/t13-/m1/s1. The van der Waals surface area contributed by atoms with Crippen molar-refractivity contribution in [3.05, 3.63) is 34.6 Å². The molecule has 0 bridgehead atoms. The van der Waals surface area contributed by atoms with Crippen LogP contribution in [-0.4, -0.2) is 41.8 Å². The molecule has 1 atom stereocenters. The molecule has 4 rings (SSSR count). The van der Waals surface area contributed by atoms with E-state index in [0.29, 0.717) is 23.6 Å². The lowest BCUT2D eigenvalue weighted by Crippen LogP contribution is -2.44. The first-order valence-corrected chi connectivity index (χ1v) is 8.18. The number of nitrogens with zero attached hydrogens (tertiary/aromatic N) is 1. The van der Waals surface area contributed by atoms with E-state index in [4.69, 9.17) is 9.94 Å². The van der Waals surface area contributed by atoms with Gasteiger partial charge in [0.05, 0.1) is 13.2 Å². The van der Waals surface area contributed by atoms with Crippen LogP contribution in [0.2, 0.25) is 0 Å². The van der Waals surface area contributed by atoms with Crippen LogP contribution in [-0.2, 0) is 17.7 Å². The molecule has 1 saturated heterocycles. The summed E-state index contributed by atoms with van der Waals surface area (Å²) in [5, 5.41) is 8.71. The zero-order valence-corrected chi connectivity index (χ0v) is 13.0. The fourth-order valence-corrected chi connectivity index (χ4v) is 4.29. The van der Waals surface area contributed by atoms with Crippen LogP contribution in [0, 0.1) is 11.2 Å². The molecule has 3 aliphatic rings. The van der Waals surface area contributed by atoms with Crippen LogP contribution < -0.4 is 5.48 Å². The lowest BCUT2D eigenvalue weighted by molar-refractivity contribution is -0.111. The molecule has 1 aliphatic carbocycles. The molecule has 1 spiro atoms. The largest absolute Gasteiger partial charge is 0.380 e. The van der Waals surface area contributed by atoms with Crippen molar-refractivity contribution in [1.82, 2.24) is 10.4 Å². The van der Waals surface area contributed by atoms with Crippen LogP contribution in [0.4, 0.5) is 4.39 Å². The van der Waals surface area contributed by atoms with E-state index >= 15 is 0 Å². The highest BCUT2D eigenvalue weighted by Crippen LogP contribution is 2.46. The number of benzene rings is 1. The van der Waals surface area contributed by atoms with Crippen molar-refractivity contribution >= 4 is 5.91 Å². The predicted molar refractivity (Wildman–Crippen MR) is 80.7 cm³/mol. The summed E-state index contributed by atoms with van der Waals surface area (Å²) < 4.78 is 19.8. The van der Waals surface area contributed by atoms with Crippen LogP contribution in [0.25, 0.3) is 0 Å². The summed E-state index contributed by atoms with van der Waals surface area (Å²) in [7, 11) is 0. The minimum absolute atomic E-state index is 0.170. The Morgan fingerprint density at radius 2 is 2.26 bits per heavy atom. The smallest absolute Gasteiger partial charge is 0.274 e. The van der Waals surface area contributed by atoms with Gasteiger partial charge in [-0.05, 0) is 43.4 Å². The van der Waals surface area contributed by atoms with Gasteiger partial charge in [-0.1, -0.05) is 0 Å². The van der Waals surface area contributed by atoms with E-state index in [9.17, 15) is 9.18 Å². The molecule has 2 N–H and O–H groups in total. The maximum Gasteiger partial charge on any atom is 0.274 e. The van der Waals surface area contributed by atoms with Gasteiger partial charge in [-0.3, -0.25) is 14.9 Å². The van der Waals surface area contributed by atoms with Crippen molar-refractivity contribution in [3.63, 3.8) is 0 Å². The number of amides is 1. The first-order chi connectivity index (χ1) is 11.1. The first-order valence-electron chi connectivity index (χ1n) is 8.18. The van der Waals surface area contributed by atoms with Gasteiger partial charge < -0.3 is 4.74 Å². The number of ether oxygens (including phenoxy) is 1. The van der Waals surface area contributed by atoms with Gasteiger partial charge in [-0.2, -0.15) is 0 Å². The maximum atomic E-state index is 14.4. The molecule has 1 saturated carbocycles. The Labute approximate surface area is 134 Å². The Bertz CT molecular complexity index is 645. The summed E-state index contributed by atoms with van der Waals surface area (Å²) in [6.07, 6.45) is 4.25. The van der Waals surface area contributed by atoms with Crippen LogP contribution >= 0.6 is 0 Å². The fourth-order valence-electron chi connectivity index (χ4n) is 4.29. The average molecular weight is 320 g/mol. The number of carbonyl (C=O) groups is 1. The summed E-state index contributed by atoms with van der Waals surface area (Å²) in [6, 6.07) is 3.41. The third-order valence-electron chi connectivity index (χ3n) is 5.69. The molecule has 2 aliphatic heterocycles. The van der Waals surface area contributed by atoms with E-state index in [1.54, 1.807) is 11.5 Å². The summed E-state index contributed by atoms with van der Waals surface area (Å²) in [5.74, 6) is -1.03. The molecule has 2 heterocycles. The Morgan fingerprint density at radius 3 is 2.91 bits per heavy atom. The average Bonchev–Trinajstić information content (AvgIpc) is 2.99. The molecular weight excluding hydrogens is 299 g/mol. The van der Waals surface area contributed by atoms with E-state index in [1.807, 2.05) is 0 Å². The van der Waals surface area contributed by atoms with Gasteiger partial charge in [0.15, 0.2) is 0 Å². The molecule has 124 valence electrons. The number of carbonyl (C=O) groups excluding carboxylic acids is 1. The number of hydrogen-bond donors (Lipinski definition) is 2. The van der Waals surface area contributed by atoms with E-state index in [1.165, 1.54) is 12.5 Å². The summed E-state index contributed by atoms with van der Waals surface area (Å²) in [5.41, 5.74) is 3.68. The van der Waals surface area contributed by atoms with Gasteiger partial charge in [0.25, 0.3) is 5.91 Å². The van der Waals surface area contributed by atoms with E-state index in [-0.39, 0.29) is 11.4 Å². The zero-order valence-electron chi connectivity index (χ0n) is 13.0. The molecular formula is C17H21FN2O3. The number of fused-ring (bicyclic) bond motifs is 1. The van der Waals surface area contributed by atoms with Crippen molar-refractivity contribution in [2.24, 2.45) is 5.41 Å². The number of rotatable bonds is 2. The van der Waals surface area contributed by atoms with Crippen molar-refractivity contribution < 1.29 is 19.1 Å². The van der Waals surface area contributed by atoms with Gasteiger partial charge in [0.1, 0.15) is 5.82 Å². The molecule has 6 heteroatoms. The van der Waals surface area contributed by atoms with Gasteiger partial charge in [0, 0.05) is 35.7 Å². The fraction of sp³-hybridized carbons (Fsp3) is 0.588. The summed E-state index contributed by atoms with van der Waals surface area (Å²) >= 11 is 0. The SMILES string of the molecule is O=C(NO)c1cc(F)c2c(c1)CCN([C@@H]1CCC3(COC3)C1)C2. The molecule has 5 nitrogen and oxygen atoms in total. The Balaban J connectivity index is 1.52. The van der Waals surface area contributed by atoms with E-state index in [0.717, 1.165) is 44.6 Å². The van der Waals surface area contributed by atoms with Gasteiger partial charge >= 0.3 is 0 Å². The molecule has 0 unspecified atom stereocenters. The lowest BCUT2D eigenvalue weighted by Gasteiger charge is -2.40. The Hall–Kier alpha value is -1.50. The van der Waals surface area contributed by atoms with Crippen LogP contribution in [0.15, 0.2) is 12.1 Å². The summed E-state index contributed by atoms with van der Waals surface area (Å²) in [4.78, 5) is 13.9. The van der Waals surface area contributed by atoms with E-state index in [2.05, 4.69) is 4.90 Å². The zero-order chi connectivity index (χ0) is 16.0. The van der Waals surface area contributed by atoms with E-state index < -0.39 is 5.91 Å². The van der Waals surface area contributed by atoms with Crippen LogP contribution in [0.1, 0.15) is 40.7 Å². The van der Waals surface area contributed by atoms with Gasteiger partial charge in [-0.25, -0.2) is 9.87 Å². The number of nitrogens with one attached hydrogen (secondary N) is 1. The van der Waals surface area contributed by atoms with Gasteiger partial charge in [0.2, 0.25) is 0 Å². The van der Waals surface area contributed by atoms with Crippen molar-refractivity contribution in [2.75, 3.05) is 19.8 Å². The minimum Gasteiger partial charge on any atom is -0.380 e. The molecule has 2 fully saturated rings. The molecule has 23 heavy (non-hydrogen) atoms. The molecule has 1 aromatic rings. The summed E-state index contributed by atoms with van der Waals surface area (Å²) in [6.45, 7) is 3.24. The highest BCUT2D eigenvalue weighted by molar-refractivity contribution is 5.93. The molecule has 0 radical (unpaired) electrons. The lowest BCUT2D eigenvalue weighted by atomic mass is 9.84. The Morgan fingerprint density at radius 1 is 1.43 bits per heavy atom. The highest BCUT2D eigenvalue weighted by Gasteiger charge is 2.46. The second-order valence-corrected chi connectivity index (χ2v) is 7.15. The van der Waals surface area contributed by atoms with Crippen LogP contribution in [0.5, 0.6) is 0 Å². The maximum absolute atomic E-state index is 14.4. The third-order valence-corrected chi connectivity index (χ3v) is 5.69. The normalized spacial score (nSPS) is 25.9. The van der Waals surface area contributed by atoms with Crippen molar-refractivity contribution in [3.8, 4) is 0 Å². The van der Waals surface area contributed by atoms with Crippen LogP contribution in [0.3, 0.4) is 0 Å². The van der Waals surface area contributed by atoms with Crippen molar-refractivity contribution in [1.29, 1.82) is 0 Å². The predicted octanol–water partition coefficient (Wildman–Crippen LogP) is 1.87. The second kappa shape index (κ2) is 5.54. The molecule has 1 amide bonds. The first kappa shape index (κ1) is 15.1. The second-order valence-electron chi connectivity index (χ2n) is 7.15. The minimum atomic E-state index is -0.670. The monoisotopic (exact) mass is 320 g/mol.